The Morgan fingerprint density at radius 3 is 2.36 bits per heavy atom. The Bertz CT molecular complexity index is 1300. The number of amides is 2. The zero-order chi connectivity index (χ0) is 30.7. The lowest BCUT2D eigenvalue weighted by atomic mass is 9.95. The summed E-state index contributed by atoms with van der Waals surface area (Å²) >= 11 is 3.33. The second-order valence-corrected chi connectivity index (χ2v) is 11.7. The zero-order valence-corrected chi connectivity index (χ0v) is 24.9. The van der Waals surface area contributed by atoms with Gasteiger partial charge in [-0.3, -0.25) is 9.59 Å². The molecule has 2 fully saturated rings. The molecule has 2 aliphatic heterocycles. The highest BCUT2D eigenvalue weighted by atomic mass is 79.9. The van der Waals surface area contributed by atoms with Gasteiger partial charge in [-0.25, -0.2) is 9.78 Å². The predicted octanol–water partition coefficient (Wildman–Crippen LogP) is 1.73. The van der Waals surface area contributed by atoms with Gasteiger partial charge in [0.1, 0.15) is 29.9 Å². The summed E-state index contributed by atoms with van der Waals surface area (Å²) in [6, 6.07) is 6.60. The third-order valence-corrected chi connectivity index (χ3v) is 7.86. The second-order valence-electron chi connectivity index (χ2n) is 10.7. The van der Waals surface area contributed by atoms with E-state index in [1.54, 1.807) is 18.3 Å². The Balaban J connectivity index is 1.67. The fourth-order valence-corrected chi connectivity index (χ4v) is 5.32. The minimum atomic E-state index is -1.92. The number of carboxylic acid groups (broad SMARTS) is 1. The number of carbonyl (C=O) groups excluding carboxylic acids is 2. The number of anilines is 2. The number of aromatic nitrogens is 1. The lowest BCUT2D eigenvalue weighted by Gasteiger charge is -2.38. The molecule has 5 atom stereocenters. The number of carboxylic acids is 1. The highest BCUT2D eigenvalue weighted by Crippen LogP contribution is 2.37. The van der Waals surface area contributed by atoms with Gasteiger partial charge in [0.25, 0.3) is 5.91 Å². The first kappa shape index (κ1) is 31.8. The third kappa shape index (κ3) is 7.25. The van der Waals surface area contributed by atoms with Crippen LogP contribution in [0, 0.1) is 12.8 Å². The number of hydrogen-bond donors (Lipinski definition) is 6. The van der Waals surface area contributed by atoms with Crippen LogP contribution in [0.2, 0.25) is 0 Å². The summed E-state index contributed by atoms with van der Waals surface area (Å²) in [5.41, 5.74) is 0.818. The Labute approximate surface area is 251 Å². The molecule has 2 saturated heterocycles. The number of pyridine rings is 1. The number of hydrogen-bond acceptors (Lipinski definition) is 10. The second kappa shape index (κ2) is 13.4. The number of nitrogens with zero attached hydrogens (tertiary/aromatic N) is 2. The molecule has 2 amide bonds. The standard InChI is InChI=1S/C28H35BrN4O9/c1-13(2)33-8-6-15(7-9-33)25(37)32-20-17(26(38)31-19-5-4-14(3)12-30-19)10-16(29)11-18(20)41-28-23(36)21(34)22(35)24(42-28)27(39)40/h4-5,10-13,15,21-24,28,34-36H,6-9H2,1-3H3,(H,32,37)(H,39,40)(H,30,31,38)/t21-,22-,23+,24-,28+/m0/s1. The van der Waals surface area contributed by atoms with Crippen LogP contribution in [-0.2, 0) is 14.3 Å². The molecule has 3 heterocycles. The molecule has 0 aliphatic carbocycles. The van der Waals surface area contributed by atoms with Gasteiger partial charge in [0, 0.05) is 22.6 Å². The van der Waals surface area contributed by atoms with Crippen LogP contribution >= 0.6 is 15.9 Å². The minimum Gasteiger partial charge on any atom is -0.479 e. The van der Waals surface area contributed by atoms with Crippen molar-refractivity contribution < 1.29 is 44.3 Å². The molecular formula is C28H35BrN4O9. The summed E-state index contributed by atoms with van der Waals surface area (Å²) in [6.07, 6.45) is -6.57. The molecule has 14 heteroatoms. The molecule has 13 nitrogen and oxygen atoms in total. The number of aliphatic carboxylic acids is 1. The predicted molar refractivity (Wildman–Crippen MR) is 154 cm³/mol. The molecule has 1 aromatic heterocycles. The first-order chi connectivity index (χ1) is 19.8. The Kier molecular flexibility index (Phi) is 10.2. The molecule has 1 aromatic carbocycles. The van der Waals surface area contributed by atoms with Crippen LogP contribution in [-0.4, -0.2) is 97.9 Å². The smallest absolute Gasteiger partial charge is 0.335 e. The van der Waals surface area contributed by atoms with Crippen molar-refractivity contribution in [2.24, 2.45) is 5.92 Å². The molecule has 2 aliphatic rings. The number of aryl methyl sites for hydroxylation is 1. The van der Waals surface area contributed by atoms with Crippen LogP contribution in [0.1, 0.15) is 42.6 Å². The summed E-state index contributed by atoms with van der Waals surface area (Å²) in [4.78, 5) is 45.0. The van der Waals surface area contributed by atoms with Crippen molar-refractivity contribution in [1.29, 1.82) is 0 Å². The van der Waals surface area contributed by atoms with Crippen molar-refractivity contribution in [3.05, 3.63) is 46.1 Å². The number of aliphatic hydroxyl groups excluding tert-OH is 3. The molecule has 2 aromatic rings. The molecule has 42 heavy (non-hydrogen) atoms. The van der Waals surface area contributed by atoms with Gasteiger partial charge in [0.05, 0.1) is 11.3 Å². The lowest BCUT2D eigenvalue weighted by Crippen LogP contribution is -2.61. The van der Waals surface area contributed by atoms with Crippen LogP contribution in [0.25, 0.3) is 0 Å². The van der Waals surface area contributed by atoms with Crippen LogP contribution in [0.5, 0.6) is 5.75 Å². The number of halogens is 1. The normalized spacial score (nSPS) is 25.2. The van der Waals surface area contributed by atoms with Gasteiger partial charge in [-0.05, 0) is 70.5 Å². The number of aliphatic hydroxyl groups is 3. The van der Waals surface area contributed by atoms with Gasteiger partial charge < -0.3 is 45.4 Å². The molecule has 0 radical (unpaired) electrons. The number of benzene rings is 1. The largest absolute Gasteiger partial charge is 0.479 e. The zero-order valence-electron chi connectivity index (χ0n) is 23.4. The van der Waals surface area contributed by atoms with E-state index in [9.17, 15) is 34.8 Å². The number of carbonyl (C=O) groups is 3. The first-order valence-corrected chi connectivity index (χ1v) is 14.4. The van der Waals surface area contributed by atoms with Gasteiger partial charge in [-0.2, -0.15) is 0 Å². The van der Waals surface area contributed by atoms with Crippen molar-refractivity contribution in [3.63, 3.8) is 0 Å². The van der Waals surface area contributed by atoms with Crippen molar-refractivity contribution in [2.75, 3.05) is 23.7 Å². The van der Waals surface area contributed by atoms with E-state index in [4.69, 9.17) is 9.47 Å². The van der Waals surface area contributed by atoms with Crippen LogP contribution in [0.15, 0.2) is 34.9 Å². The van der Waals surface area contributed by atoms with Crippen LogP contribution < -0.4 is 15.4 Å². The van der Waals surface area contributed by atoms with E-state index >= 15 is 0 Å². The van der Waals surface area contributed by atoms with Gasteiger partial charge in [-0.15, -0.1) is 0 Å². The molecule has 0 bridgehead atoms. The number of nitrogens with one attached hydrogen (secondary N) is 2. The fraction of sp³-hybridized carbons (Fsp3) is 0.500. The molecule has 4 rings (SSSR count). The molecule has 0 saturated carbocycles. The average Bonchev–Trinajstić information content (AvgIpc) is 2.95. The number of piperidine rings is 1. The summed E-state index contributed by atoms with van der Waals surface area (Å²) in [7, 11) is 0. The van der Waals surface area contributed by atoms with E-state index in [-0.39, 0.29) is 34.6 Å². The topological polar surface area (TPSA) is 191 Å². The molecule has 0 unspecified atom stereocenters. The highest BCUT2D eigenvalue weighted by Gasteiger charge is 2.48. The first-order valence-electron chi connectivity index (χ1n) is 13.6. The summed E-state index contributed by atoms with van der Waals surface area (Å²) in [5, 5.41) is 45.8. The fourth-order valence-electron chi connectivity index (χ4n) is 4.89. The summed E-state index contributed by atoms with van der Waals surface area (Å²) < 4.78 is 11.4. The van der Waals surface area contributed by atoms with Gasteiger partial charge in [0.2, 0.25) is 12.2 Å². The van der Waals surface area contributed by atoms with Crippen LogP contribution in [0.3, 0.4) is 0 Å². The number of ether oxygens (including phenoxy) is 2. The maximum atomic E-state index is 13.5. The van der Waals surface area contributed by atoms with E-state index in [0.717, 1.165) is 18.7 Å². The van der Waals surface area contributed by atoms with E-state index in [0.29, 0.717) is 23.4 Å². The van der Waals surface area contributed by atoms with Crippen molar-refractivity contribution in [2.45, 2.75) is 70.4 Å². The Morgan fingerprint density at radius 1 is 1.07 bits per heavy atom. The third-order valence-electron chi connectivity index (χ3n) is 7.40. The summed E-state index contributed by atoms with van der Waals surface area (Å²) in [5.74, 6) is -2.79. The number of rotatable bonds is 8. The van der Waals surface area contributed by atoms with Gasteiger partial charge >= 0.3 is 5.97 Å². The Morgan fingerprint density at radius 2 is 1.76 bits per heavy atom. The van der Waals surface area contributed by atoms with Gasteiger partial charge in [-0.1, -0.05) is 22.0 Å². The monoisotopic (exact) mass is 650 g/mol. The quantitative estimate of drug-likeness (QED) is 0.244. The van der Waals surface area contributed by atoms with E-state index < -0.39 is 42.6 Å². The van der Waals surface area contributed by atoms with E-state index in [1.165, 1.54) is 12.1 Å². The Hall–Kier alpha value is -3.14. The molecular weight excluding hydrogens is 616 g/mol. The average molecular weight is 652 g/mol. The highest BCUT2D eigenvalue weighted by molar-refractivity contribution is 9.10. The van der Waals surface area contributed by atoms with Crippen molar-refractivity contribution >= 4 is 45.2 Å². The van der Waals surface area contributed by atoms with Crippen LogP contribution in [0.4, 0.5) is 11.5 Å². The van der Waals surface area contributed by atoms with Crippen molar-refractivity contribution in [1.82, 2.24) is 9.88 Å². The lowest BCUT2D eigenvalue weighted by molar-refractivity contribution is -0.271. The summed E-state index contributed by atoms with van der Waals surface area (Å²) in [6.45, 7) is 7.48. The van der Waals surface area contributed by atoms with E-state index in [2.05, 4.69) is 50.3 Å². The molecule has 0 spiro atoms. The maximum absolute atomic E-state index is 13.5. The molecule has 6 N–H and O–H groups in total. The maximum Gasteiger partial charge on any atom is 0.335 e. The number of likely N-dealkylation sites (tertiary alicyclic amines) is 1. The van der Waals surface area contributed by atoms with E-state index in [1.807, 2.05) is 6.92 Å². The SMILES string of the molecule is Cc1ccc(NC(=O)c2cc(Br)cc(O[C@@H]3O[C@H](C(=O)O)[C@@H](O)[C@H](O)[C@H]3O)c2NC(=O)C2CCN(C(C)C)CC2)nc1. The van der Waals surface area contributed by atoms with Gasteiger partial charge in [0.15, 0.2) is 6.10 Å². The van der Waals surface area contributed by atoms with Crippen molar-refractivity contribution in [3.8, 4) is 5.75 Å². The molecule has 228 valence electrons. The minimum absolute atomic E-state index is 0.0182.